The molecule has 4 nitrogen and oxygen atoms in total. The Labute approximate surface area is 101 Å². The highest BCUT2D eigenvalue weighted by Crippen LogP contribution is 2.24. The van der Waals surface area contributed by atoms with Crippen LogP contribution in [0.25, 0.3) is 0 Å². The van der Waals surface area contributed by atoms with Crippen molar-refractivity contribution in [2.24, 2.45) is 0 Å². The van der Waals surface area contributed by atoms with Crippen LogP contribution in [0.5, 0.6) is 0 Å². The average molecular weight is 234 g/mol. The topological polar surface area (TPSA) is 75.3 Å². The van der Waals surface area contributed by atoms with Gasteiger partial charge in [0.25, 0.3) is 0 Å². The van der Waals surface area contributed by atoms with Gasteiger partial charge in [0.05, 0.1) is 5.56 Å². The molecule has 1 aliphatic carbocycles. The standard InChI is InChI=1S/C13H18N2O2/c14-12-8-10(6-7-11(12)13(16)17)15-9-4-2-1-3-5-9/h6-9,15H,1-5,14H2,(H,16,17). The fraction of sp³-hybridized carbons (Fsp3) is 0.462. The van der Waals surface area contributed by atoms with Crippen molar-refractivity contribution in [3.8, 4) is 0 Å². The number of carbonyl (C=O) groups is 1. The molecule has 92 valence electrons. The highest BCUT2D eigenvalue weighted by atomic mass is 16.4. The smallest absolute Gasteiger partial charge is 0.337 e. The molecule has 0 atom stereocenters. The van der Waals surface area contributed by atoms with Crippen LogP contribution in [0.15, 0.2) is 18.2 Å². The normalized spacial score (nSPS) is 16.7. The van der Waals surface area contributed by atoms with E-state index in [0.29, 0.717) is 11.7 Å². The van der Waals surface area contributed by atoms with Crippen LogP contribution in [0.4, 0.5) is 11.4 Å². The Morgan fingerprint density at radius 1 is 1.29 bits per heavy atom. The molecule has 0 amide bonds. The molecule has 0 radical (unpaired) electrons. The molecule has 1 aromatic carbocycles. The lowest BCUT2D eigenvalue weighted by Gasteiger charge is -2.24. The summed E-state index contributed by atoms with van der Waals surface area (Å²) in [5, 5.41) is 12.3. The zero-order valence-electron chi connectivity index (χ0n) is 9.78. The first-order chi connectivity index (χ1) is 8.16. The van der Waals surface area contributed by atoms with Gasteiger partial charge in [0, 0.05) is 17.4 Å². The second-order valence-electron chi connectivity index (χ2n) is 4.59. The Bertz CT molecular complexity index is 412. The molecular formula is C13H18N2O2. The van der Waals surface area contributed by atoms with Crippen molar-refractivity contribution in [3.63, 3.8) is 0 Å². The van der Waals surface area contributed by atoms with E-state index in [1.165, 1.54) is 32.1 Å². The fourth-order valence-corrected chi connectivity index (χ4v) is 2.33. The van der Waals surface area contributed by atoms with E-state index in [4.69, 9.17) is 10.8 Å². The third-order valence-electron chi connectivity index (χ3n) is 3.26. The van der Waals surface area contributed by atoms with Gasteiger partial charge < -0.3 is 16.2 Å². The van der Waals surface area contributed by atoms with Crippen LogP contribution >= 0.6 is 0 Å². The van der Waals surface area contributed by atoms with Crippen molar-refractivity contribution in [1.29, 1.82) is 0 Å². The first kappa shape index (κ1) is 11.8. The Balaban J connectivity index is 2.06. The number of hydrogen-bond donors (Lipinski definition) is 3. The van der Waals surface area contributed by atoms with Crippen LogP contribution in [-0.4, -0.2) is 17.1 Å². The molecule has 0 aliphatic heterocycles. The Morgan fingerprint density at radius 3 is 2.59 bits per heavy atom. The molecule has 17 heavy (non-hydrogen) atoms. The van der Waals surface area contributed by atoms with Crippen LogP contribution < -0.4 is 11.1 Å². The Hall–Kier alpha value is -1.71. The maximum Gasteiger partial charge on any atom is 0.337 e. The zero-order chi connectivity index (χ0) is 12.3. The van der Waals surface area contributed by atoms with Crippen molar-refractivity contribution < 1.29 is 9.90 Å². The Kier molecular flexibility index (Phi) is 3.52. The molecule has 2 rings (SSSR count). The van der Waals surface area contributed by atoms with Crippen LogP contribution in [0.3, 0.4) is 0 Å². The van der Waals surface area contributed by atoms with Crippen molar-refractivity contribution >= 4 is 17.3 Å². The summed E-state index contributed by atoms with van der Waals surface area (Å²) in [7, 11) is 0. The van der Waals surface area contributed by atoms with Gasteiger partial charge in [0.2, 0.25) is 0 Å². The van der Waals surface area contributed by atoms with Gasteiger partial charge in [-0.1, -0.05) is 19.3 Å². The lowest BCUT2D eigenvalue weighted by Crippen LogP contribution is -2.22. The third-order valence-corrected chi connectivity index (χ3v) is 3.26. The highest BCUT2D eigenvalue weighted by Gasteiger charge is 2.14. The average Bonchev–Trinajstić information content (AvgIpc) is 2.30. The minimum Gasteiger partial charge on any atom is -0.478 e. The predicted octanol–water partition coefficient (Wildman–Crippen LogP) is 2.71. The lowest BCUT2D eigenvalue weighted by atomic mass is 9.95. The van der Waals surface area contributed by atoms with E-state index in [1.54, 1.807) is 18.2 Å². The number of carboxylic acids is 1. The number of rotatable bonds is 3. The van der Waals surface area contributed by atoms with Crippen LogP contribution in [0, 0.1) is 0 Å². The molecule has 1 aromatic rings. The summed E-state index contributed by atoms with van der Waals surface area (Å²) in [6.07, 6.45) is 6.21. The molecule has 0 heterocycles. The van der Waals surface area contributed by atoms with Gasteiger partial charge in [0.1, 0.15) is 0 Å². The number of nitrogens with one attached hydrogen (secondary N) is 1. The van der Waals surface area contributed by atoms with E-state index in [2.05, 4.69) is 5.32 Å². The molecule has 1 saturated carbocycles. The summed E-state index contributed by atoms with van der Waals surface area (Å²) in [5.74, 6) is -0.980. The molecule has 1 fully saturated rings. The Morgan fingerprint density at radius 2 is 2.00 bits per heavy atom. The minimum atomic E-state index is -0.980. The number of carboxylic acid groups (broad SMARTS) is 1. The summed E-state index contributed by atoms with van der Waals surface area (Å²) in [6, 6.07) is 5.55. The minimum absolute atomic E-state index is 0.166. The predicted molar refractivity (Wildman–Crippen MR) is 68.3 cm³/mol. The van der Waals surface area contributed by atoms with Gasteiger partial charge in [-0.2, -0.15) is 0 Å². The van der Waals surface area contributed by atoms with Crippen LogP contribution in [0.1, 0.15) is 42.5 Å². The molecule has 1 aliphatic rings. The maximum absolute atomic E-state index is 10.8. The summed E-state index contributed by atoms with van der Waals surface area (Å²) >= 11 is 0. The largest absolute Gasteiger partial charge is 0.478 e. The van der Waals surface area contributed by atoms with Gasteiger partial charge in [-0.3, -0.25) is 0 Å². The van der Waals surface area contributed by atoms with Gasteiger partial charge >= 0.3 is 5.97 Å². The monoisotopic (exact) mass is 234 g/mol. The van der Waals surface area contributed by atoms with Crippen molar-refractivity contribution in [3.05, 3.63) is 23.8 Å². The molecule has 4 N–H and O–H groups in total. The van der Waals surface area contributed by atoms with Gasteiger partial charge in [-0.05, 0) is 31.0 Å². The van der Waals surface area contributed by atoms with Crippen LogP contribution in [0.2, 0.25) is 0 Å². The SMILES string of the molecule is Nc1cc(NC2CCCCC2)ccc1C(=O)O. The first-order valence-electron chi connectivity index (χ1n) is 6.06. The van der Waals surface area contributed by atoms with Crippen molar-refractivity contribution in [2.75, 3.05) is 11.1 Å². The lowest BCUT2D eigenvalue weighted by molar-refractivity contribution is 0.0698. The van der Waals surface area contributed by atoms with Crippen molar-refractivity contribution in [2.45, 2.75) is 38.1 Å². The number of nitrogens with two attached hydrogens (primary N) is 1. The molecule has 0 unspecified atom stereocenters. The second kappa shape index (κ2) is 5.08. The van der Waals surface area contributed by atoms with Crippen molar-refractivity contribution in [1.82, 2.24) is 0 Å². The highest BCUT2D eigenvalue weighted by molar-refractivity contribution is 5.94. The summed E-state index contributed by atoms with van der Waals surface area (Å²) < 4.78 is 0. The maximum atomic E-state index is 10.8. The number of hydrogen-bond acceptors (Lipinski definition) is 3. The van der Waals surface area contributed by atoms with E-state index < -0.39 is 5.97 Å². The van der Waals surface area contributed by atoms with E-state index in [1.807, 2.05) is 0 Å². The van der Waals surface area contributed by atoms with E-state index in [0.717, 1.165) is 5.69 Å². The summed E-state index contributed by atoms with van der Waals surface area (Å²) in [6.45, 7) is 0. The molecule has 4 heteroatoms. The van der Waals surface area contributed by atoms with Gasteiger partial charge in [-0.25, -0.2) is 4.79 Å². The first-order valence-corrected chi connectivity index (χ1v) is 6.06. The second-order valence-corrected chi connectivity index (χ2v) is 4.59. The van der Waals surface area contributed by atoms with Gasteiger partial charge in [-0.15, -0.1) is 0 Å². The summed E-state index contributed by atoms with van der Waals surface area (Å²) in [4.78, 5) is 10.8. The van der Waals surface area contributed by atoms with E-state index in [-0.39, 0.29) is 5.56 Å². The summed E-state index contributed by atoms with van der Waals surface area (Å²) in [5.41, 5.74) is 7.11. The zero-order valence-corrected chi connectivity index (χ0v) is 9.78. The number of aromatic carboxylic acids is 1. The molecule has 0 spiro atoms. The third kappa shape index (κ3) is 2.90. The molecule has 0 saturated heterocycles. The number of nitrogen functional groups attached to an aromatic ring is 1. The number of benzene rings is 1. The van der Waals surface area contributed by atoms with Crippen LogP contribution in [-0.2, 0) is 0 Å². The fourth-order valence-electron chi connectivity index (χ4n) is 2.33. The van der Waals surface area contributed by atoms with E-state index >= 15 is 0 Å². The molecular weight excluding hydrogens is 216 g/mol. The molecule has 0 aromatic heterocycles. The quantitative estimate of drug-likeness (QED) is 0.703. The van der Waals surface area contributed by atoms with E-state index in [9.17, 15) is 4.79 Å². The number of anilines is 2. The van der Waals surface area contributed by atoms with Gasteiger partial charge in [0.15, 0.2) is 0 Å². The molecule has 0 bridgehead atoms.